The molecule has 0 amide bonds. The topological polar surface area (TPSA) is 13.1 Å². The van der Waals surface area contributed by atoms with Gasteiger partial charge in [0.2, 0.25) is 0 Å². The molecule has 0 aliphatic carbocycles. The van der Waals surface area contributed by atoms with Crippen LogP contribution in [0.5, 0.6) is 0 Å². The summed E-state index contributed by atoms with van der Waals surface area (Å²) in [5, 5.41) is -0.214. The van der Waals surface area contributed by atoms with Gasteiger partial charge in [0.1, 0.15) is 16.9 Å². The second-order valence-corrected chi connectivity index (χ2v) is 6.32. The van der Waals surface area contributed by atoms with E-state index in [-0.39, 0.29) is 10.8 Å². The Morgan fingerprint density at radius 2 is 1.70 bits per heavy atom. The molecule has 2 rings (SSSR count). The summed E-state index contributed by atoms with van der Waals surface area (Å²) in [6, 6.07) is 12.5. The van der Waals surface area contributed by atoms with Gasteiger partial charge in [0.05, 0.1) is 0 Å². The van der Waals surface area contributed by atoms with Gasteiger partial charge in [-0.3, -0.25) is 0 Å². The molecule has 0 saturated carbocycles. The number of alkyl halides is 1. The predicted molar refractivity (Wildman–Crippen MR) is 85.5 cm³/mol. The Hall–Kier alpha value is -1.21. The van der Waals surface area contributed by atoms with Crippen LogP contribution in [-0.4, -0.2) is 0 Å². The second-order valence-electron chi connectivity index (χ2n) is 5.88. The molecule has 1 aromatic heterocycles. The molecule has 0 fully saturated rings. The van der Waals surface area contributed by atoms with Crippen LogP contribution in [0.1, 0.15) is 62.1 Å². The van der Waals surface area contributed by atoms with Crippen LogP contribution >= 0.6 is 11.6 Å². The summed E-state index contributed by atoms with van der Waals surface area (Å²) in [6.07, 6.45) is 2.02. The number of aryl methyl sites for hydroxylation is 1. The van der Waals surface area contributed by atoms with E-state index in [1.165, 1.54) is 5.56 Å². The first-order valence-corrected chi connectivity index (χ1v) is 7.74. The van der Waals surface area contributed by atoms with Gasteiger partial charge >= 0.3 is 0 Å². The fourth-order valence-corrected chi connectivity index (χ4v) is 2.46. The minimum absolute atomic E-state index is 0.209. The molecule has 0 saturated heterocycles. The van der Waals surface area contributed by atoms with Gasteiger partial charge in [0.25, 0.3) is 0 Å². The fourth-order valence-electron chi connectivity index (χ4n) is 2.19. The van der Waals surface area contributed by atoms with Crippen molar-refractivity contribution in [1.29, 1.82) is 0 Å². The third kappa shape index (κ3) is 3.09. The van der Waals surface area contributed by atoms with Gasteiger partial charge in [-0.15, -0.1) is 11.6 Å². The largest absolute Gasteiger partial charge is 0.464 e. The summed E-state index contributed by atoms with van der Waals surface area (Å²) in [5.74, 6) is 1.81. The third-order valence-corrected chi connectivity index (χ3v) is 4.62. The van der Waals surface area contributed by atoms with Crippen molar-refractivity contribution in [3.63, 3.8) is 0 Å². The van der Waals surface area contributed by atoms with E-state index in [4.69, 9.17) is 16.0 Å². The van der Waals surface area contributed by atoms with E-state index in [2.05, 4.69) is 52.0 Å². The van der Waals surface area contributed by atoms with Crippen LogP contribution < -0.4 is 0 Å². The van der Waals surface area contributed by atoms with Crippen molar-refractivity contribution in [3.8, 4) is 0 Å². The summed E-state index contributed by atoms with van der Waals surface area (Å²) in [6.45, 7) is 8.82. The van der Waals surface area contributed by atoms with E-state index in [9.17, 15) is 0 Å². The van der Waals surface area contributed by atoms with E-state index >= 15 is 0 Å². The summed E-state index contributed by atoms with van der Waals surface area (Å²) in [5.41, 5.74) is 2.64. The molecule has 0 N–H and O–H groups in total. The highest BCUT2D eigenvalue weighted by atomic mass is 35.5. The first-order valence-electron chi connectivity index (χ1n) is 7.31. The maximum Gasteiger partial charge on any atom is 0.126 e. The van der Waals surface area contributed by atoms with Crippen molar-refractivity contribution < 1.29 is 4.42 Å². The number of halogens is 1. The highest BCUT2D eigenvalue weighted by Gasteiger charge is 2.19. The van der Waals surface area contributed by atoms with E-state index in [1.807, 2.05) is 12.1 Å². The van der Waals surface area contributed by atoms with Gasteiger partial charge in [-0.2, -0.15) is 0 Å². The Kier molecular flexibility index (Phi) is 4.59. The molecule has 1 heterocycles. The van der Waals surface area contributed by atoms with Crippen molar-refractivity contribution in [2.24, 2.45) is 0 Å². The highest BCUT2D eigenvalue weighted by molar-refractivity contribution is 6.22. The van der Waals surface area contributed by atoms with Gasteiger partial charge in [-0.25, -0.2) is 0 Å². The van der Waals surface area contributed by atoms with E-state index in [0.29, 0.717) is 0 Å². The van der Waals surface area contributed by atoms with E-state index < -0.39 is 0 Å². The van der Waals surface area contributed by atoms with Gasteiger partial charge in [-0.1, -0.05) is 52.0 Å². The lowest BCUT2D eigenvalue weighted by atomic mass is 9.82. The minimum atomic E-state index is -0.214. The monoisotopic (exact) mass is 290 g/mol. The SMILES string of the molecule is CCc1ccc(C(Cl)c2ccc(C(C)(C)CC)cc2)o1. The zero-order valence-electron chi connectivity index (χ0n) is 12.7. The summed E-state index contributed by atoms with van der Waals surface area (Å²) >= 11 is 6.51. The molecule has 20 heavy (non-hydrogen) atoms. The second kappa shape index (κ2) is 6.05. The Morgan fingerprint density at radius 3 is 2.20 bits per heavy atom. The van der Waals surface area contributed by atoms with Crippen LogP contribution in [0.15, 0.2) is 40.8 Å². The van der Waals surface area contributed by atoms with Gasteiger partial charge in [0, 0.05) is 6.42 Å². The van der Waals surface area contributed by atoms with Gasteiger partial charge in [0.15, 0.2) is 0 Å². The van der Waals surface area contributed by atoms with Gasteiger partial charge < -0.3 is 4.42 Å². The van der Waals surface area contributed by atoms with E-state index in [0.717, 1.165) is 29.9 Å². The molecule has 2 aromatic rings. The molecule has 1 nitrogen and oxygen atoms in total. The van der Waals surface area contributed by atoms with Crippen LogP contribution in [0, 0.1) is 0 Å². The number of rotatable bonds is 5. The summed E-state index contributed by atoms with van der Waals surface area (Å²) in [7, 11) is 0. The molecule has 108 valence electrons. The molecule has 0 aliphatic heterocycles. The highest BCUT2D eigenvalue weighted by Crippen LogP contribution is 2.33. The van der Waals surface area contributed by atoms with Crippen molar-refractivity contribution in [3.05, 3.63) is 59.0 Å². The molecular formula is C18H23ClO. The quantitative estimate of drug-likeness (QED) is 0.629. The number of hydrogen-bond donors (Lipinski definition) is 0. The van der Waals surface area contributed by atoms with Gasteiger partial charge in [-0.05, 0) is 35.1 Å². The maximum atomic E-state index is 6.51. The molecule has 0 spiro atoms. The maximum absolute atomic E-state index is 6.51. The fraction of sp³-hybridized carbons (Fsp3) is 0.444. The lowest BCUT2D eigenvalue weighted by Gasteiger charge is -2.23. The van der Waals surface area contributed by atoms with Crippen LogP contribution in [0.4, 0.5) is 0 Å². The van der Waals surface area contributed by atoms with Crippen molar-refractivity contribution >= 4 is 11.6 Å². The molecule has 1 aromatic carbocycles. The molecule has 1 unspecified atom stereocenters. The Morgan fingerprint density at radius 1 is 1.05 bits per heavy atom. The Balaban J connectivity index is 2.21. The third-order valence-electron chi connectivity index (χ3n) is 4.15. The standard InChI is InChI=1S/C18H23ClO/c1-5-15-11-12-16(20-15)17(19)13-7-9-14(10-8-13)18(3,4)6-2/h7-12,17H,5-6H2,1-4H3. The zero-order valence-corrected chi connectivity index (χ0v) is 13.5. The number of benzene rings is 1. The lowest BCUT2D eigenvalue weighted by Crippen LogP contribution is -2.15. The predicted octanol–water partition coefficient (Wildman–Crippen LogP) is 5.86. The zero-order chi connectivity index (χ0) is 14.8. The normalized spacial score (nSPS) is 13.4. The number of hydrogen-bond acceptors (Lipinski definition) is 1. The van der Waals surface area contributed by atoms with Crippen LogP contribution in [0.3, 0.4) is 0 Å². The molecule has 1 atom stereocenters. The molecular weight excluding hydrogens is 268 g/mol. The average Bonchev–Trinajstić information content (AvgIpc) is 2.95. The number of furan rings is 1. The van der Waals surface area contributed by atoms with Crippen molar-refractivity contribution in [2.45, 2.75) is 51.3 Å². The molecule has 0 radical (unpaired) electrons. The molecule has 0 bridgehead atoms. The van der Waals surface area contributed by atoms with E-state index in [1.54, 1.807) is 0 Å². The summed E-state index contributed by atoms with van der Waals surface area (Å²) in [4.78, 5) is 0. The lowest BCUT2D eigenvalue weighted by molar-refractivity contribution is 0.474. The first kappa shape index (κ1) is 15.2. The Labute approximate surface area is 127 Å². The van der Waals surface area contributed by atoms with Crippen molar-refractivity contribution in [2.75, 3.05) is 0 Å². The minimum Gasteiger partial charge on any atom is -0.464 e. The van der Waals surface area contributed by atoms with Crippen LogP contribution in [0.2, 0.25) is 0 Å². The smallest absolute Gasteiger partial charge is 0.126 e. The molecule has 0 aliphatic rings. The first-order chi connectivity index (χ1) is 9.47. The van der Waals surface area contributed by atoms with Crippen molar-refractivity contribution in [1.82, 2.24) is 0 Å². The summed E-state index contributed by atoms with van der Waals surface area (Å²) < 4.78 is 5.74. The van der Waals surface area contributed by atoms with Crippen LogP contribution in [-0.2, 0) is 11.8 Å². The Bertz CT molecular complexity index is 551. The van der Waals surface area contributed by atoms with Crippen LogP contribution in [0.25, 0.3) is 0 Å². The molecule has 2 heteroatoms. The average molecular weight is 291 g/mol.